The van der Waals surface area contributed by atoms with Crippen molar-refractivity contribution < 1.29 is 9.53 Å². The Kier molecular flexibility index (Phi) is 3.83. The van der Waals surface area contributed by atoms with E-state index in [2.05, 4.69) is 0 Å². The topological polar surface area (TPSA) is 26.3 Å². The predicted octanol–water partition coefficient (Wildman–Crippen LogP) is 2.62. The van der Waals surface area contributed by atoms with Crippen LogP contribution in [-0.4, -0.2) is 19.1 Å². The van der Waals surface area contributed by atoms with Crippen LogP contribution in [0.15, 0.2) is 23.1 Å². The summed E-state index contributed by atoms with van der Waals surface area (Å²) >= 11 is 1.60. The number of carbonyl (C=O) groups excluding carboxylic acids is 1. The summed E-state index contributed by atoms with van der Waals surface area (Å²) in [5.41, 5.74) is 0.662. The molecule has 0 unspecified atom stereocenters. The average molecular weight is 196 g/mol. The Morgan fingerprint density at radius 3 is 2.77 bits per heavy atom. The largest absolute Gasteiger partial charge is 0.494 e. The minimum Gasteiger partial charge on any atom is -0.494 e. The Labute approximate surface area is 82.3 Å². The highest BCUT2D eigenvalue weighted by Crippen LogP contribution is 2.22. The number of hydrogen-bond acceptors (Lipinski definition) is 3. The van der Waals surface area contributed by atoms with Gasteiger partial charge in [-0.2, -0.15) is 0 Å². The lowest BCUT2D eigenvalue weighted by molar-refractivity contribution is 0.112. The van der Waals surface area contributed by atoms with E-state index in [0.717, 1.165) is 16.9 Å². The summed E-state index contributed by atoms with van der Waals surface area (Å²) in [5, 5.41) is 0. The van der Waals surface area contributed by atoms with Crippen molar-refractivity contribution in [3.8, 4) is 5.75 Å². The lowest BCUT2D eigenvalue weighted by atomic mass is 10.2. The summed E-state index contributed by atoms with van der Waals surface area (Å²) in [7, 11) is 0. The smallest absolute Gasteiger partial charge is 0.150 e. The maximum absolute atomic E-state index is 10.6. The van der Waals surface area contributed by atoms with Crippen LogP contribution in [0.3, 0.4) is 0 Å². The molecule has 70 valence electrons. The van der Waals surface area contributed by atoms with Crippen molar-refractivity contribution in [2.24, 2.45) is 0 Å². The van der Waals surface area contributed by atoms with Crippen molar-refractivity contribution in [2.45, 2.75) is 11.8 Å². The summed E-state index contributed by atoms with van der Waals surface area (Å²) in [6.07, 6.45) is 2.81. The minimum absolute atomic E-state index is 0.621. The van der Waals surface area contributed by atoms with E-state index in [9.17, 15) is 4.79 Å². The Hall–Kier alpha value is -0.960. The molecule has 2 nitrogen and oxygen atoms in total. The molecule has 0 aliphatic rings. The fourth-order valence-corrected chi connectivity index (χ4v) is 1.52. The normalized spacial score (nSPS) is 9.69. The summed E-state index contributed by atoms with van der Waals surface area (Å²) < 4.78 is 5.32. The Balaban J connectivity index is 2.99. The molecule has 0 spiro atoms. The summed E-state index contributed by atoms with van der Waals surface area (Å²) in [6.45, 7) is 2.54. The molecule has 1 aromatic rings. The van der Waals surface area contributed by atoms with Crippen LogP contribution >= 0.6 is 11.8 Å². The van der Waals surface area contributed by atoms with Gasteiger partial charge in [0.15, 0.2) is 0 Å². The van der Waals surface area contributed by atoms with Gasteiger partial charge < -0.3 is 4.74 Å². The second-order valence-electron chi connectivity index (χ2n) is 2.49. The molecule has 13 heavy (non-hydrogen) atoms. The van der Waals surface area contributed by atoms with Gasteiger partial charge in [-0.05, 0) is 31.4 Å². The number of hydrogen-bond donors (Lipinski definition) is 0. The first-order valence-electron chi connectivity index (χ1n) is 4.07. The van der Waals surface area contributed by atoms with Crippen molar-refractivity contribution in [3.63, 3.8) is 0 Å². The van der Waals surface area contributed by atoms with Gasteiger partial charge in [0.2, 0.25) is 0 Å². The first kappa shape index (κ1) is 10.1. The number of ether oxygens (including phenoxy) is 1. The summed E-state index contributed by atoms with van der Waals surface area (Å²) in [5.74, 6) is 0.761. The molecule has 0 saturated carbocycles. The molecule has 0 aromatic heterocycles. The van der Waals surface area contributed by atoms with Gasteiger partial charge in [0.25, 0.3) is 0 Å². The molecule has 0 bridgehead atoms. The molecule has 3 heteroatoms. The van der Waals surface area contributed by atoms with E-state index in [-0.39, 0.29) is 0 Å². The predicted molar refractivity (Wildman–Crippen MR) is 54.8 cm³/mol. The molecule has 1 aromatic carbocycles. The Morgan fingerprint density at radius 2 is 2.23 bits per heavy atom. The van der Waals surface area contributed by atoms with Crippen LogP contribution in [0.1, 0.15) is 17.3 Å². The molecule has 0 atom stereocenters. The zero-order valence-corrected chi connectivity index (χ0v) is 8.56. The van der Waals surface area contributed by atoms with Crippen LogP contribution in [0.2, 0.25) is 0 Å². The van der Waals surface area contributed by atoms with E-state index >= 15 is 0 Å². The quantitative estimate of drug-likeness (QED) is 0.547. The number of rotatable bonds is 4. The minimum atomic E-state index is 0.621. The third-order valence-electron chi connectivity index (χ3n) is 1.59. The molecular formula is C10H12O2S. The fourth-order valence-electron chi connectivity index (χ4n) is 1.03. The number of benzene rings is 1. The van der Waals surface area contributed by atoms with Crippen molar-refractivity contribution in [2.75, 3.05) is 12.9 Å². The maximum Gasteiger partial charge on any atom is 0.150 e. The fraction of sp³-hybridized carbons (Fsp3) is 0.300. The van der Waals surface area contributed by atoms with E-state index in [1.165, 1.54) is 0 Å². The molecule has 0 heterocycles. The monoisotopic (exact) mass is 196 g/mol. The average Bonchev–Trinajstić information content (AvgIpc) is 2.17. The molecule has 0 amide bonds. The molecule has 0 aliphatic carbocycles. The van der Waals surface area contributed by atoms with Gasteiger partial charge in [0.05, 0.1) is 6.61 Å². The van der Waals surface area contributed by atoms with Crippen molar-refractivity contribution in [1.29, 1.82) is 0 Å². The lowest BCUT2D eigenvalue weighted by Gasteiger charge is -2.05. The van der Waals surface area contributed by atoms with Gasteiger partial charge in [0, 0.05) is 10.5 Å². The lowest BCUT2D eigenvalue weighted by Crippen LogP contribution is -1.93. The molecule has 0 radical (unpaired) electrons. The summed E-state index contributed by atoms with van der Waals surface area (Å²) in [4.78, 5) is 11.6. The molecule has 0 fully saturated rings. The molecule has 0 N–H and O–H groups in total. The second-order valence-corrected chi connectivity index (χ2v) is 3.37. The van der Waals surface area contributed by atoms with Crippen molar-refractivity contribution in [1.82, 2.24) is 0 Å². The van der Waals surface area contributed by atoms with Crippen LogP contribution in [0.4, 0.5) is 0 Å². The highest BCUT2D eigenvalue weighted by molar-refractivity contribution is 7.98. The highest BCUT2D eigenvalue weighted by Gasteiger charge is 1.99. The van der Waals surface area contributed by atoms with E-state index in [1.54, 1.807) is 17.8 Å². The SMILES string of the molecule is CCOc1cc(C=O)cc(SC)c1. The first-order valence-corrected chi connectivity index (χ1v) is 5.29. The van der Waals surface area contributed by atoms with Gasteiger partial charge in [-0.3, -0.25) is 4.79 Å². The van der Waals surface area contributed by atoms with Gasteiger partial charge in [-0.25, -0.2) is 0 Å². The molecule has 0 saturated heterocycles. The Bertz CT molecular complexity index is 297. The number of thioether (sulfide) groups is 1. The third kappa shape index (κ3) is 2.77. The number of carbonyl (C=O) groups is 1. The van der Waals surface area contributed by atoms with Crippen LogP contribution < -0.4 is 4.74 Å². The standard InChI is InChI=1S/C10H12O2S/c1-3-12-9-4-8(7-11)5-10(6-9)13-2/h4-7H,3H2,1-2H3. The van der Waals surface area contributed by atoms with Gasteiger partial charge >= 0.3 is 0 Å². The summed E-state index contributed by atoms with van der Waals surface area (Å²) in [6, 6.07) is 5.53. The van der Waals surface area contributed by atoms with E-state index < -0.39 is 0 Å². The van der Waals surface area contributed by atoms with Gasteiger partial charge in [-0.1, -0.05) is 0 Å². The molecule has 1 rings (SSSR count). The van der Waals surface area contributed by atoms with E-state index in [1.807, 2.05) is 25.3 Å². The van der Waals surface area contributed by atoms with Gasteiger partial charge in [-0.15, -0.1) is 11.8 Å². The van der Waals surface area contributed by atoms with Crippen LogP contribution in [-0.2, 0) is 0 Å². The van der Waals surface area contributed by atoms with Crippen molar-refractivity contribution in [3.05, 3.63) is 23.8 Å². The van der Waals surface area contributed by atoms with Crippen LogP contribution in [0, 0.1) is 0 Å². The van der Waals surface area contributed by atoms with Gasteiger partial charge in [0.1, 0.15) is 12.0 Å². The molecule has 0 aliphatic heterocycles. The first-order chi connectivity index (χ1) is 6.30. The van der Waals surface area contributed by atoms with Crippen molar-refractivity contribution >= 4 is 18.0 Å². The number of aldehydes is 1. The third-order valence-corrected chi connectivity index (χ3v) is 2.29. The van der Waals surface area contributed by atoms with E-state index in [0.29, 0.717) is 12.2 Å². The maximum atomic E-state index is 10.6. The second kappa shape index (κ2) is 4.92. The highest BCUT2D eigenvalue weighted by atomic mass is 32.2. The van der Waals surface area contributed by atoms with Crippen LogP contribution in [0.5, 0.6) is 5.75 Å². The van der Waals surface area contributed by atoms with Crippen LogP contribution in [0.25, 0.3) is 0 Å². The Morgan fingerprint density at radius 1 is 1.46 bits per heavy atom. The zero-order valence-electron chi connectivity index (χ0n) is 7.74. The van der Waals surface area contributed by atoms with E-state index in [4.69, 9.17) is 4.74 Å². The zero-order chi connectivity index (χ0) is 9.68. The molecular weight excluding hydrogens is 184 g/mol.